The lowest BCUT2D eigenvalue weighted by Crippen LogP contribution is -2.28. The molecule has 0 bridgehead atoms. The average molecular weight is 377 g/mol. The van der Waals surface area contributed by atoms with Crippen LogP contribution in [-0.4, -0.2) is 15.9 Å². The minimum atomic E-state index is -5.02. The third-order valence-electron chi connectivity index (χ3n) is 3.44. The minimum absolute atomic E-state index is 0.0361. The molecule has 0 saturated carbocycles. The van der Waals surface area contributed by atoms with Crippen molar-refractivity contribution in [1.82, 2.24) is 15.3 Å². The number of hydrogen-bond donors (Lipinski definition) is 1. The topological polar surface area (TPSA) is 54.9 Å². The molecule has 4 nitrogen and oxygen atoms in total. The molecule has 1 N–H and O–H groups in total. The number of alkyl halides is 6. The molecule has 1 amide bonds. The number of aryl methyl sites for hydroxylation is 1. The second kappa shape index (κ2) is 6.93. The van der Waals surface area contributed by atoms with E-state index in [1.165, 1.54) is 19.3 Å². The lowest BCUT2D eigenvalue weighted by atomic mass is 10.0. The van der Waals surface area contributed by atoms with Gasteiger partial charge in [0.05, 0.1) is 34.8 Å². The molecule has 140 valence electrons. The largest absolute Gasteiger partial charge is 0.416 e. The molecule has 1 heterocycles. The predicted octanol–water partition coefficient (Wildman–Crippen LogP) is 4.31. The molecule has 0 aliphatic carbocycles. The normalized spacial score (nSPS) is 13.4. The van der Waals surface area contributed by atoms with Crippen LogP contribution in [0.4, 0.5) is 26.3 Å². The molecular formula is C16H13F6N3O. The second-order valence-electron chi connectivity index (χ2n) is 5.57. The summed E-state index contributed by atoms with van der Waals surface area (Å²) in [5.74, 6) is -1.09. The van der Waals surface area contributed by atoms with E-state index >= 15 is 0 Å². The van der Waals surface area contributed by atoms with E-state index in [1.807, 2.05) is 0 Å². The highest BCUT2D eigenvalue weighted by molar-refractivity contribution is 5.94. The van der Waals surface area contributed by atoms with Gasteiger partial charge in [-0.2, -0.15) is 26.3 Å². The molecular weight excluding hydrogens is 364 g/mol. The summed E-state index contributed by atoms with van der Waals surface area (Å²) in [6.07, 6.45) is -7.27. The molecule has 10 heteroatoms. The Hall–Kier alpha value is -2.65. The molecule has 0 aliphatic heterocycles. The first-order valence-corrected chi connectivity index (χ1v) is 7.27. The molecule has 1 aromatic carbocycles. The second-order valence-corrected chi connectivity index (χ2v) is 5.57. The van der Waals surface area contributed by atoms with Crippen LogP contribution in [0.5, 0.6) is 0 Å². The number of halogens is 6. The summed E-state index contributed by atoms with van der Waals surface area (Å²) in [5.41, 5.74) is -2.94. The van der Waals surface area contributed by atoms with Crippen LogP contribution in [0.25, 0.3) is 0 Å². The Kier molecular flexibility index (Phi) is 5.24. The minimum Gasteiger partial charge on any atom is -0.344 e. The van der Waals surface area contributed by atoms with Crippen LogP contribution in [0.2, 0.25) is 0 Å². The Morgan fingerprint density at radius 2 is 1.50 bits per heavy atom. The number of nitrogens with zero attached hydrogens (tertiary/aromatic N) is 2. The fourth-order valence-corrected chi connectivity index (χ4v) is 2.07. The molecule has 1 aromatic heterocycles. The number of nitrogens with one attached hydrogen (secondary N) is 1. The van der Waals surface area contributed by atoms with Crippen LogP contribution in [-0.2, 0) is 12.4 Å². The maximum Gasteiger partial charge on any atom is 0.416 e. The van der Waals surface area contributed by atoms with Crippen molar-refractivity contribution < 1.29 is 31.1 Å². The van der Waals surface area contributed by atoms with Crippen LogP contribution < -0.4 is 5.32 Å². The van der Waals surface area contributed by atoms with Crippen molar-refractivity contribution in [1.29, 1.82) is 0 Å². The molecule has 0 unspecified atom stereocenters. The summed E-state index contributed by atoms with van der Waals surface area (Å²) in [7, 11) is 0. The molecule has 0 radical (unpaired) electrons. The molecule has 26 heavy (non-hydrogen) atoms. The van der Waals surface area contributed by atoms with Gasteiger partial charge in [0.2, 0.25) is 0 Å². The fourth-order valence-electron chi connectivity index (χ4n) is 2.07. The molecule has 1 atom stereocenters. The number of carbonyl (C=O) groups excluding carboxylic acids is 1. The first kappa shape index (κ1) is 19.7. The molecule has 2 rings (SSSR count). The first-order chi connectivity index (χ1) is 11.9. The number of rotatable bonds is 3. The van der Waals surface area contributed by atoms with Crippen molar-refractivity contribution in [3.63, 3.8) is 0 Å². The van der Waals surface area contributed by atoms with E-state index in [-0.39, 0.29) is 6.07 Å². The SMILES string of the molecule is Cc1cnc([C@@H](C)NC(=O)c2cc(C(F)(F)F)cc(C(F)(F)F)c2)cn1. The maximum atomic E-state index is 12.8. The number of carbonyl (C=O) groups is 1. The van der Waals surface area contributed by atoms with Crippen LogP contribution in [0.15, 0.2) is 30.6 Å². The smallest absolute Gasteiger partial charge is 0.344 e. The highest BCUT2D eigenvalue weighted by Gasteiger charge is 2.37. The first-order valence-electron chi connectivity index (χ1n) is 7.27. The third-order valence-corrected chi connectivity index (χ3v) is 3.44. The third kappa shape index (κ3) is 4.70. The molecule has 0 aliphatic rings. The van der Waals surface area contributed by atoms with Crippen molar-refractivity contribution in [2.45, 2.75) is 32.2 Å². The summed E-state index contributed by atoms with van der Waals surface area (Å²) in [6, 6.07) is -0.0542. The molecule has 0 saturated heterocycles. The number of aromatic nitrogens is 2. The fraction of sp³-hybridized carbons (Fsp3) is 0.312. The van der Waals surface area contributed by atoms with Gasteiger partial charge in [0, 0.05) is 11.8 Å². The summed E-state index contributed by atoms with van der Waals surface area (Å²) in [5, 5.41) is 2.31. The zero-order valence-corrected chi connectivity index (χ0v) is 13.5. The van der Waals surface area contributed by atoms with Gasteiger partial charge in [-0.05, 0) is 32.0 Å². The van der Waals surface area contributed by atoms with E-state index < -0.39 is 41.0 Å². The van der Waals surface area contributed by atoms with Crippen molar-refractivity contribution in [3.8, 4) is 0 Å². The van der Waals surface area contributed by atoms with Crippen molar-refractivity contribution in [3.05, 3.63) is 58.7 Å². The highest BCUT2D eigenvalue weighted by atomic mass is 19.4. The van der Waals surface area contributed by atoms with Gasteiger partial charge in [0.15, 0.2) is 0 Å². The monoisotopic (exact) mass is 377 g/mol. The van der Waals surface area contributed by atoms with Crippen LogP contribution in [0.1, 0.15) is 45.8 Å². The number of amides is 1. The summed E-state index contributed by atoms with van der Waals surface area (Å²) >= 11 is 0. The number of hydrogen-bond acceptors (Lipinski definition) is 3. The van der Waals surface area contributed by atoms with E-state index in [9.17, 15) is 31.1 Å². The average Bonchev–Trinajstić information content (AvgIpc) is 2.53. The van der Waals surface area contributed by atoms with E-state index in [2.05, 4.69) is 15.3 Å². The Morgan fingerprint density at radius 3 is 1.92 bits per heavy atom. The zero-order valence-electron chi connectivity index (χ0n) is 13.5. The van der Waals surface area contributed by atoms with Gasteiger partial charge >= 0.3 is 12.4 Å². The van der Waals surface area contributed by atoms with E-state index in [0.29, 0.717) is 23.5 Å². The Labute approximate surface area is 144 Å². The van der Waals surface area contributed by atoms with Gasteiger partial charge < -0.3 is 5.32 Å². The maximum absolute atomic E-state index is 12.8. The van der Waals surface area contributed by atoms with Crippen molar-refractivity contribution in [2.75, 3.05) is 0 Å². The lowest BCUT2D eigenvalue weighted by molar-refractivity contribution is -0.143. The number of benzene rings is 1. The standard InChI is InChI=1S/C16H13F6N3O/c1-8-6-24-13(7-23-8)9(2)25-14(26)10-3-11(15(17,18)19)5-12(4-10)16(20,21)22/h3-7,9H,1-2H3,(H,25,26)/t9-/m1/s1. The predicted molar refractivity (Wildman–Crippen MR) is 79.1 cm³/mol. The van der Waals surface area contributed by atoms with E-state index in [0.717, 1.165) is 0 Å². The van der Waals surface area contributed by atoms with Crippen molar-refractivity contribution in [2.24, 2.45) is 0 Å². The van der Waals surface area contributed by atoms with Crippen molar-refractivity contribution >= 4 is 5.91 Å². The van der Waals surface area contributed by atoms with Gasteiger partial charge in [0.25, 0.3) is 5.91 Å². The van der Waals surface area contributed by atoms with E-state index in [1.54, 1.807) is 6.92 Å². The summed E-state index contributed by atoms with van der Waals surface area (Å²) < 4.78 is 77.1. The summed E-state index contributed by atoms with van der Waals surface area (Å²) in [6.45, 7) is 3.16. The molecule has 0 spiro atoms. The van der Waals surface area contributed by atoms with Gasteiger partial charge in [-0.3, -0.25) is 14.8 Å². The molecule has 0 fully saturated rings. The zero-order chi connectivity index (χ0) is 19.7. The van der Waals surface area contributed by atoms with Crippen LogP contribution >= 0.6 is 0 Å². The van der Waals surface area contributed by atoms with Crippen LogP contribution in [0.3, 0.4) is 0 Å². The van der Waals surface area contributed by atoms with E-state index in [4.69, 9.17) is 0 Å². The Bertz CT molecular complexity index is 767. The Morgan fingerprint density at radius 1 is 0.962 bits per heavy atom. The van der Waals surface area contributed by atoms with Gasteiger partial charge in [0.1, 0.15) is 0 Å². The molecule has 2 aromatic rings. The summed E-state index contributed by atoms with van der Waals surface area (Å²) in [4.78, 5) is 20.1. The van der Waals surface area contributed by atoms with Gasteiger partial charge in [-0.25, -0.2) is 0 Å². The van der Waals surface area contributed by atoms with Gasteiger partial charge in [-0.1, -0.05) is 0 Å². The Balaban J connectivity index is 2.34. The lowest BCUT2D eigenvalue weighted by Gasteiger charge is -2.16. The van der Waals surface area contributed by atoms with Crippen LogP contribution in [0, 0.1) is 6.92 Å². The van der Waals surface area contributed by atoms with Gasteiger partial charge in [-0.15, -0.1) is 0 Å². The highest BCUT2D eigenvalue weighted by Crippen LogP contribution is 2.36. The quantitative estimate of drug-likeness (QED) is 0.811.